The molecule has 1 saturated heterocycles. The van der Waals surface area contributed by atoms with Crippen LogP contribution in [0.1, 0.15) is 25.7 Å². The van der Waals surface area contributed by atoms with Crippen molar-refractivity contribution in [2.45, 2.75) is 25.7 Å². The number of carbonyl (C=O) groups excluding carboxylic acids is 3. The molecule has 2 amide bonds. The van der Waals surface area contributed by atoms with Gasteiger partial charge in [-0.05, 0) is 12.6 Å². The first-order chi connectivity index (χ1) is 6.65. The Morgan fingerprint density at radius 1 is 1.36 bits per heavy atom. The number of nitrogens with zero attached hydrogens (tertiary/aromatic N) is 1. The number of hydroxylamine groups is 2. The van der Waals surface area contributed by atoms with E-state index in [1.807, 2.05) is 0 Å². The molecule has 5 nitrogen and oxygen atoms in total. The van der Waals surface area contributed by atoms with Gasteiger partial charge < -0.3 is 4.84 Å². The highest BCUT2D eigenvalue weighted by Gasteiger charge is 2.32. The van der Waals surface area contributed by atoms with Crippen molar-refractivity contribution < 1.29 is 19.2 Å². The van der Waals surface area contributed by atoms with E-state index in [1.54, 1.807) is 0 Å². The van der Waals surface area contributed by atoms with Crippen LogP contribution in [-0.4, -0.2) is 29.0 Å². The average Bonchev–Trinajstić information content (AvgIpc) is 2.46. The Morgan fingerprint density at radius 3 is 2.43 bits per heavy atom. The van der Waals surface area contributed by atoms with E-state index in [0.717, 1.165) is 6.16 Å². The molecular formula is C8H12NO4P. The maximum Gasteiger partial charge on any atom is 0.333 e. The Hall–Kier alpha value is -0.960. The average molecular weight is 217 g/mol. The molecule has 0 aliphatic carbocycles. The summed E-state index contributed by atoms with van der Waals surface area (Å²) in [5, 5.41) is 0.575. The van der Waals surface area contributed by atoms with E-state index in [0.29, 0.717) is 11.5 Å². The van der Waals surface area contributed by atoms with Gasteiger partial charge in [0.05, 0.1) is 0 Å². The first kappa shape index (κ1) is 11.1. The standard InChI is InChI=1S/C8H12NO4P/c10-6-3-4-7(11)9(6)13-8(12)2-1-5-14/h1-5,14H2. The van der Waals surface area contributed by atoms with Crippen molar-refractivity contribution in [3.8, 4) is 0 Å². The number of hydrogen-bond acceptors (Lipinski definition) is 4. The molecule has 1 rings (SSSR count). The molecule has 0 aromatic heterocycles. The number of carbonyl (C=O) groups is 3. The Kier molecular flexibility index (Phi) is 4.01. The molecular weight excluding hydrogens is 205 g/mol. The smallest absolute Gasteiger partial charge is 0.330 e. The second kappa shape index (κ2) is 5.05. The van der Waals surface area contributed by atoms with E-state index in [2.05, 4.69) is 14.1 Å². The molecule has 0 radical (unpaired) electrons. The summed E-state index contributed by atoms with van der Waals surface area (Å²) >= 11 is 0. The quantitative estimate of drug-likeness (QED) is 0.500. The van der Waals surface area contributed by atoms with Gasteiger partial charge in [0, 0.05) is 19.3 Å². The fourth-order valence-corrected chi connectivity index (χ4v) is 1.26. The minimum absolute atomic E-state index is 0.135. The van der Waals surface area contributed by atoms with Crippen LogP contribution in [0.15, 0.2) is 0 Å². The molecule has 0 saturated carbocycles. The zero-order valence-electron chi connectivity index (χ0n) is 7.69. The molecule has 1 heterocycles. The molecule has 1 aliphatic heterocycles. The summed E-state index contributed by atoms with van der Waals surface area (Å²) in [7, 11) is 2.48. The highest BCUT2D eigenvalue weighted by molar-refractivity contribution is 7.16. The van der Waals surface area contributed by atoms with Crippen molar-refractivity contribution in [1.82, 2.24) is 5.06 Å². The molecule has 1 aliphatic rings. The van der Waals surface area contributed by atoms with Crippen LogP contribution >= 0.6 is 9.24 Å². The van der Waals surface area contributed by atoms with Crippen LogP contribution in [0.3, 0.4) is 0 Å². The molecule has 0 aromatic rings. The van der Waals surface area contributed by atoms with Crippen LogP contribution in [0.2, 0.25) is 0 Å². The van der Waals surface area contributed by atoms with Crippen molar-refractivity contribution in [3.63, 3.8) is 0 Å². The topological polar surface area (TPSA) is 63.7 Å². The molecule has 0 N–H and O–H groups in total. The number of hydrogen-bond donors (Lipinski definition) is 0. The van der Waals surface area contributed by atoms with Crippen LogP contribution in [0.25, 0.3) is 0 Å². The molecule has 1 fully saturated rings. The second-order valence-corrected chi connectivity index (χ2v) is 3.51. The summed E-state index contributed by atoms with van der Waals surface area (Å²) in [6, 6.07) is 0. The lowest BCUT2D eigenvalue weighted by atomic mass is 10.3. The SMILES string of the molecule is O=C(CCCP)ON1C(=O)CCC1=O. The molecule has 78 valence electrons. The Balaban J connectivity index is 2.39. The molecule has 0 bridgehead atoms. The highest BCUT2D eigenvalue weighted by Crippen LogP contribution is 2.12. The van der Waals surface area contributed by atoms with Crippen LogP contribution in [0.5, 0.6) is 0 Å². The van der Waals surface area contributed by atoms with Gasteiger partial charge in [0.2, 0.25) is 0 Å². The number of rotatable bonds is 4. The third-order valence-corrected chi connectivity index (χ3v) is 2.19. The van der Waals surface area contributed by atoms with Crippen LogP contribution in [0, 0.1) is 0 Å². The maximum absolute atomic E-state index is 11.1. The molecule has 1 atom stereocenters. The first-order valence-electron chi connectivity index (χ1n) is 4.42. The van der Waals surface area contributed by atoms with Crippen LogP contribution < -0.4 is 0 Å². The number of imide groups is 1. The van der Waals surface area contributed by atoms with Gasteiger partial charge in [-0.1, -0.05) is 0 Å². The van der Waals surface area contributed by atoms with Crippen molar-refractivity contribution in [2.24, 2.45) is 0 Å². The summed E-state index contributed by atoms with van der Waals surface area (Å²) in [6.45, 7) is 0. The summed E-state index contributed by atoms with van der Waals surface area (Å²) in [5.41, 5.74) is 0. The Bertz CT molecular complexity index is 250. The third-order valence-electron chi connectivity index (χ3n) is 1.78. The lowest BCUT2D eigenvalue weighted by molar-refractivity contribution is -0.197. The molecule has 14 heavy (non-hydrogen) atoms. The Labute approximate surface area is 83.9 Å². The monoisotopic (exact) mass is 217 g/mol. The van der Waals surface area contributed by atoms with Crippen molar-refractivity contribution in [3.05, 3.63) is 0 Å². The highest BCUT2D eigenvalue weighted by atomic mass is 31.0. The van der Waals surface area contributed by atoms with Gasteiger partial charge in [0.25, 0.3) is 11.8 Å². The summed E-state index contributed by atoms with van der Waals surface area (Å²) in [4.78, 5) is 37.7. The first-order valence-corrected chi connectivity index (χ1v) is 5.23. The van der Waals surface area contributed by atoms with Gasteiger partial charge in [0.15, 0.2) is 0 Å². The van der Waals surface area contributed by atoms with E-state index in [-0.39, 0.29) is 19.3 Å². The van der Waals surface area contributed by atoms with Gasteiger partial charge in [-0.2, -0.15) is 0 Å². The fraction of sp³-hybridized carbons (Fsp3) is 0.625. The van der Waals surface area contributed by atoms with Crippen molar-refractivity contribution >= 4 is 27.0 Å². The molecule has 0 spiro atoms. The van der Waals surface area contributed by atoms with E-state index in [4.69, 9.17) is 0 Å². The fourth-order valence-electron chi connectivity index (χ4n) is 1.05. The van der Waals surface area contributed by atoms with Crippen LogP contribution in [-0.2, 0) is 19.2 Å². The minimum atomic E-state index is -0.531. The van der Waals surface area contributed by atoms with Gasteiger partial charge in [-0.3, -0.25) is 9.59 Å². The number of amides is 2. The molecule has 0 aromatic carbocycles. The van der Waals surface area contributed by atoms with E-state index < -0.39 is 17.8 Å². The van der Waals surface area contributed by atoms with E-state index in [9.17, 15) is 14.4 Å². The summed E-state index contributed by atoms with van der Waals surface area (Å²) in [5.74, 6) is -1.40. The van der Waals surface area contributed by atoms with E-state index in [1.165, 1.54) is 0 Å². The second-order valence-electron chi connectivity index (χ2n) is 2.94. The molecule has 1 unspecified atom stereocenters. The normalized spacial score (nSPS) is 16.2. The predicted molar refractivity (Wildman–Crippen MR) is 51.0 cm³/mol. The van der Waals surface area contributed by atoms with Crippen molar-refractivity contribution in [2.75, 3.05) is 6.16 Å². The zero-order chi connectivity index (χ0) is 10.6. The van der Waals surface area contributed by atoms with Crippen molar-refractivity contribution in [1.29, 1.82) is 0 Å². The van der Waals surface area contributed by atoms with Gasteiger partial charge in [0.1, 0.15) is 0 Å². The van der Waals surface area contributed by atoms with Gasteiger partial charge in [-0.15, -0.1) is 14.3 Å². The summed E-state index contributed by atoms with van der Waals surface area (Å²) < 4.78 is 0. The van der Waals surface area contributed by atoms with Crippen LogP contribution in [0.4, 0.5) is 0 Å². The zero-order valence-corrected chi connectivity index (χ0v) is 8.85. The lowest BCUT2D eigenvalue weighted by Crippen LogP contribution is -2.31. The molecule has 6 heteroatoms. The largest absolute Gasteiger partial charge is 0.333 e. The predicted octanol–water partition coefficient (Wildman–Crippen LogP) is 0.249. The van der Waals surface area contributed by atoms with Gasteiger partial charge >= 0.3 is 5.97 Å². The summed E-state index contributed by atoms with van der Waals surface area (Å²) in [6.07, 6.45) is 1.95. The van der Waals surface area contributed by atoms with E-state index >= 15 is 0 Å². The third kappa shape index (κ3) is 2.77. The maximum atomic E-state index is 11.1. The minimum Gasteiger partial charge on any atom is -0.330 e. The van der Waals surface area contributed by atoms with Gasteiger partial charge in [-0.25, -0.2) is 4.79 Å². The Morgan fingerprint density at radius 2 is 1.93 bits per heavy atom. The lowest BCUT2D eigenvalue weighted by Gasteiger charge is -2.11.